The Balaban J connectivity index is 1.69. The SMILES string of the molecule is COc1ccc([C@H]2[C@@H](NC(=O)c3ccc(F)cc3)C(=O)N/[N+]2=C\c2ccc(F)cc2)cc1. The molecule has 162 valence electrons. The van der Waals surface area contributed by atoms with Crippen molar-refractivity contribution in [1.29, 1.82) is 0 Å². The van der Waals surface area contributed by atoms with Gasteiger partial charge in [-0.2, -0.15) is 0 Å². The second-order valence-electron chi connectivity index (χ2n) is 7.24. The Hall–Kier alpha value is -4.07. The van der Waals surface area contributed by atoms with Crippen molar-refractivity contribution in [2.45, 2.75) is 12.1 Å². The first-order valence-corrected chi connectivity index (χ1v) is 9.84. The Morgan fingerprint density at radius 3 is 2.16 bits per heavy atom. The number of hydrogen-bond acceptors (Lipinski definition) is 3. The number of carbonyl (C=O) groups excluding carboxylic acids is 2. The summed E-state index contributed by atoms with van der Waals surface area (Å²) in [4.78, 5) is 25.6. The minimum absolute atomic E-state index is 0.230. The largest absolute Gasteiger partial charge is 0.497 e. The highest BCUT2D eigenvalue weighted by Crippen LogP contribution is 2.27. The fourth-order valence-electron chi connectivity index (χ4n) is 3.52. The number of hydrazone groups is 1. The number of methoxy groups -OCH3 is 1. The van der Waals surface area contributed by atoms with Gasteiger partial charge in [0.15, 0.2) is 6.04 Å². The molecule has 3 aromatic carbocycles. The minimum atomic E-state index is -0.933. The number of rotatable bonds is 5. The summed E-state index contributed by atoms with van der Waals surface area (Å²) in [7, 11) is 1.55. The summed E-state index contributed by atoms with van der Waals surface area (Å²) >= 11 is 0. The molecule has 4 rings (SSSR count). The van der Waals surface area contributed by atoms with Crippen LogP contribution < -0.4 is 15.5 Å². The molecule has 2 atom stereocenters. The number of halogens is 2. The zero-order valence-corrected chi connectivity index (χ0v) is 17.1. The van der Waals surface area contributed by atoms with Crippen molar-refractivity contribution in [1.82, 2.24) is 10.7 Å². The second kappa shape index (κ2) is 8.97. The molecule has 0 aromatic heterocycles. The van der Waals surface area contributed by atoms with Gasteiger partial charge in [-0.15, -0.1) is 10.1 Å². The van der Waals surface area contributed by atoms with E-state index in [0.29, 0.717) is 11.3 Å². The molecule has 0 radical (unpaired) electrons. The maximum Gasteiger partial charge on any atom is 0.304 e. The highest BCUT2D eigenvalue weighted by molar-refractivity contribution is 5.98. The number of ether oxygens (including phenoxy) is 1. The van der Waals surface area contributed by atoms with Gasteiger partial charge in [0.05, 0.1) is 7.11 Å². The van der Waals surface area contributed by atoms with Crippen LogP contribution in [0.3, 0.4) is 0 Å². The molecule has 0 unspecified atom stereocenters. The second-order valence-corrected chi connectivity index (χ2v) is 7.24. The van der Waals surface area contributed by atoms with E-state index in [0.717, 1.165) is 5.56 Å². The van der Waals surface area contributed by atoms with Gasteiger partial charge in [-0.1, -0.05) is 0 Å². The van der Waals surface area contributed by atoms with Gasteiger partial charge in [-0.3, -0.25) is 9.59 Å². The van der Waals surface area contributed by atoms with Gasteiger partial charge >= 0.3 is 5.91 Å². The molecular weight excluding hydrogens is 416 g/mol. The first-order valence-electron chi connectivity index (χ1n) is 9.84. The number of nitrogens with zero attached hydrogens (tertiary/aromatic N) is 1. The normalized spacial score (nSPS) is 19.0. The molecule has 1 aliphatic heterocycles. The van der Waals surface area contributed by atoms with Crippen LogP contribution in [0, 0.1) is 11.6 Å². The number of carbonyl (C=O) groups is 2. The zero-order chi connectivity index (χ0) is 22.7. The van der Waals surface area contributed by atoms with Crippen LogP contribution in [0.15, 0.2) is 72.8 Å². The number of hydrazine groups is 1. The fraction of sp³-hybridized carbons (Fsp3) is 0.125. The van der Waals surface area contributed by atoms with Gasteiger partial charge in [0.25, 0.3) is 5.91 Å². The molecule has 1 fully saturated rings. The molecule has 0 saturated carbocycles. The number of hydrogen-bond donors (Lipinski definition) is 2. The zero-order valence-electron chi connectivity index (χ0n) is 17.1. The molecule has 8 heteroatoms. The summed E-state index contributed by atoms with van der Waals surface area (Å²) < 4.78 is 33.3. The van der Waals surface area contributed by atoms with Gasteiger partial charge < -0.3 is 10.1 Å². The monoisotopic (exact) mass is 436 g/mol. The average molecular weight is 436 g/mol. The third-order valence-corrected chi connectivity index (χ3v) is 5.15. The molecule has 6 nitrogen and oxygen atoms in total. The highest BCUT2D eigenvalue weighted by atomic mass is 19.1. The third kappa shape index (κ3) is 4.49. The van der Waals surface area contributed by atoms with Crippen LogP contribution in [0.25, 0.3) is 0 Å². The summed E-state index contributed by atoms with van der Waals surface area (Å²) in [6.07, 6.45) is 1.66. The molecule has 1 aliphatic rings. The summed E-state index contributed by atoms with van der Waals surface area (Å²) in [5, 5.41) is 2.74. The Bertz CT molecular complexity index is 1160. The summed E-state index contributed by atoms with van der Waals surface area (Å²) in [6, 6.07) is 16.4. The van der Waals surface area contributed by atoms with Crippen LogP contribution in [0.4, 0.5) is 8.78 Å². The van der Waals surface area contributed by atoms with Gasteiger partial charge in [0, 0.05) is 16.7 Å². The van der Waals surface area contributed by atoms with Crippen molar-refractivity contribution in [3.63, 3.8) is 0 Å². The van der Waals surface area contributed by atoms with E-state index < -0.39 is 29.7 Å². The lowest BCUT2D eigenvalue weighted by Gasteiger charge is -2.15. The third-order valence-electron chi connectivity index (χ3n) is 5.15. The predicted molar refractivity (Wildman–Crippen MR) is 113 cm³/mol. The van der Waals surface area contributed by atoms with Crippen LogP contribution in [0.5, 0.6) is 5.75 Å². The van der Waals surface area contributed by atoms with E-state index in [9.17, 15) is 18.4 Å². The fourth-order valence-corrected chi connectivity index (χ4v) is 3.52. The van der Waals surface area contributed by atoms with Crippen molar-refractivity contribution < 1.29 is 27.8 Å². The van der Waals surface area contributed by atoms with Crippen LogP contribution in [0.2, 0.25) is 0 Å². The van der Waals surface area contributed by atoms with Crippen LogP contribution in [-0.4, -0.2) is 35.9 Å². The van der Waals surface area contributed by atoms with E-state index in [-0.39, 0.29) is 11.4 Å². The molecule has 0 spiro atoms. The quantitative estimate of drug-likeness (QED) is 0.605. The van der Waals surface area contributed by atoms with Crippen LogP contribution in [0.1, 0.15) is 27.5 Å². The first-order chi connectivity index (χ1) is 15.4. The molecule has 2 amide bonds. The van der Waals surface area contributed by atoms with E-state index in [1.54, 1.807) is 54.4 Å². The van der Waals surface area contributed by atoms with Crippen molar-refractivity contribution in [2.24, 2.45) is 0 Å². The minimum Gasteiger partial charge on any atom is -0.497 e. The molecule has 1 saturated heterocycles. The van der Waals surface area contributed by atoms with Gasteiger partial charge in [0.1, 0.15) is 17.4 Å². The summed E-state index contributed by atoms with van der Waals surface area (Å²) in [5.41, 5.74) is 4.38. The first kappa shape index (κ1) is 21.2. The molecule has 32 heavy (non-hydrogen) atoms. The standard InChI is InChI=1S/C24H19F2N3O3/c1-32-20-12-6-16(7-13-20)22-21(27-23(30)17-4-10-19(26)11-5-17)24(31)28-29(22)14-15-2-8-18(25)9-3-15/h2-14,21-22H,1H3,(H-,27,28,30,31)/p+1/b29-14-/t21-,22+/m1/s1. The van der Waals surface area contributed by atoms with E-state index in [4.69, 9.17) is 4.74 Å². The maximum atomic E-state index is 13.3. The van der Waals surface area contributed by atoms with Crippen molar-refractivity contribution in [3.05, 3.63) is 101 Å². The van der Waals surface area contributed by atoms with Gasteiger partial charge in [-0.25, -0.2) is 8.78 Å². The molecule has 0 aliphatic carbocycles. The highest BCUT2D eigenvalue weighted by Gasteiger charge is 2.47. The Labute approximate surface area is 183 Å². The molecule has 1 heterocycles. The smallest absolute Gasteiger partial charge is 0.304 e. The number of amides is 2. The Morgan fingerprint density at radius 2 is 1.56 bits per heavy atom. The van der Waals surface area contributed by atoms with Gasteiger partial charge in [-0.05, 0) is 72.8 Å². The number of nitrogens with one attached hydrogen (secondary N) is 2. The lowest BCUT2D eigenvalue weighted by Crippen LogP contribution is -2.42. The van der Waals surface area contributed by atoms with E-state index in [1.165, 1.54) is 36.4 Å². The Morgan fingerprint density at radius 1 is 0.969 bits per heavy atom. The van der Waals surface area contributed by atoms with E-state index in [2.05, 4.69) is 10.7 Å². The topological polar surface area (TPSA) is 70.4 Å². The van der Waals surface area contributed by atoms with Crippen molar-refractivity contribution in [2.75, 3.05) is 7.11 Å². The molecule has 3 aromatic rings. The molecule has 2 N–H and O–H groups in total. The van der Waals surface area contributed by atoms with Crippen molar-refractivity contribution >= 4 is 18.0 Å². The van der Waals surface area contributed by atoms with Crippen LogP contribution >= 0.6 is 0 Å². The van der Waals surface area contributed by atoms with Crippen LogP contribution in [-0.2, 0) is 4.79 Å². The lowest BCUT2D eigenvalue weighted by molar-refractivity contribution is -0.596. The Kier molecular flexibility index (Phi) is 5.93. The lowest BCUT2D eigenvalue weighted by atomic mass is 9.99. The average Bonchev–Trinajstić information content (AvgIpc) is 3.10. The molecular formula is C24H20F2N3O3+. The van der Waals surface area contributed by atoms with E-state index in [1.807, 2.05) is 0 Å². The maximum absolute atomic E-state index is 13.3. The summed E-state index contributed by atoms with van der Waals surface area (Å²) in [6.45, 7) is 0. The van der Waals surface area contributed by atoms with E-state index >= 15 is 0 Å². The number of benzene rings is 3. The summed E-state index contributed by atoms with van der Waals surface area (Å²) in [5.74, 6) is -1.11. The molecule has 0 bridgehead atoms. The predicted octanol–water partition coefficient (Wildman–Crippen LogP) is 2.99. The van der Waals surface area contributed by atoms with Crippen molar-refractivity contribution in [3.8, 4) is 5.75 Å². The van der Waals surface area contributed by atoms with Gasteiger partial charge in [0.2, 0.25) is 12.3 Å².